The highest BCUT2D eigenvalue weighted by Crippen LogP contribution is 2.42. The van der Waals surface area contributed by atoms with Crippen LogP contribution in [0.5, 0.6) is 0 Å². The first-order valence-corrected chi connectivity index (χ1v) is 11.8. The Bertz CT molecular complexity index is 1520. The molecule has 8 heteroatoms. The fourth-order valence-electron chi connectivity index (χ4n) is 3.72. The summed E-state index contributed by atoms with van der Waals surface area (Å²) in [6.45, 7) is 0.428. The minimum Gasteiger partial charge on any atom is -0.437 e. The number of furan rings is 1. The minimum absolute atomic E-state index is 0.0735. The highest BCUT2D eigenvalue weighted by Gasteiger charge is 2.21. The average Bonchev–Trinajstić information content (AvgIpc) is 3.24. The third kappa shape index (κ3) is 4.21. The molecule has 0 unspecified atom stereocenters. The summed E-state index contributed by atoms with van der Waals surface area (Å²) in [6, 6.07) is 26.3. The smallest absolute Gasteiger partial charge is 0.238 e. The van der Waals surface area contributed by atoms with Gasteiger partial charge in [0, 0.05) is 17.7 Å². The highest BCUT2D eigenvalue weighted by atomic mass is 32.2. The number of fused-ring (bicyclic) bond motifs is 1. The van der Waals surface area contributed by atoms with E-state index in [1.165, 1.54) is 18.5 Å². The maximum atomic E-state index is 11.5. The molecule has 0 saturated heterocycles. The van der Waals surface area contributed by atoms with Crippen LogP contribution in [0.3, 0.4) is 0 Å². The van der Waals surface area contributed by atoms with Crippen molar-refractivity contribution in [1.82, 2.24) is 9.97 Å². The molecule has 2 heterocycles. The fourth-order valence-corrected chi connectivity index (χ4v) is 4.24. The van der Waals surface area contributed by atoms with Crippen molar-refractivity contribution in [2.24, 2.45) is 5.14 Å². The minimum atomic E-state index is -3.73. The van der Waals surface area contributed by atoms with E-state index in [1.54, 1.807) is 12.1 Å². The summed E-state index contributed by atoms with van der Waals surface area (Å²) in [5, 5.41) is 9.31. The lowest BCUT2D eigenvalue weighted by atomic mass is 9.99. The third-order valence-electron chi connectivity index (χ3n) is 5.30. The Hall–Kier alpha value is -4.01. The van der Waals surface area contributed by atoms with E-state index in [-0.39, 0.29) is 4.90 Å². The van der Waals surface area contributed by atoms with Crippen molar-refractivity contribution < 1.29 is 12.8 Å². The van der Waals surface area contributed by atoms with Crippen molar-refractivity contribution in [2.75, 3.05) is 5.32 Å². The Kier molecular flexibility index (Phi) is 5.37. The largest absolute Gasteiger partial charge is 0.437 e. The second-order valence-electron chi connectivity index (χ2n) is 7.48. The van der Waals surface area contributed by atoms with Gasteiger partial charge in [0.15, 0.2) is 0 Å². The predicted molar refractivity (Wildman–Crippen MR) is 128 cm³/mol. The van der Waals surface area contributed by atoms with Gasteiger partial charge in [0.1, 0.15) is 17.9 Å². The lowest BCUT2D eigenvalue weighted by Crippen LogP contribution is -2.12. The van der Waals surface area contributed by atoms with E-state index in [4.69, 9.17) is 9.56 Å². The summed E-state index contributed by atoms with van der Waals surface area (Å²) >= 11 is 0. The second-order valence-corrected chi connectivity index (χ2v) is 9.04. The summed E-state index contributed by atoms with van der Waals surface area (Å²) in [7, 11) is -3.73. The maximum Gasteiger partial charge on any atom is 0.238 e. The van der Waals surface area contributed by atoms with Crippen LogP contribution in [-0.2, 0) is 16.6 Å². The van der Waals surface area contributed by atoms with Gasteiger partial charge in [0.25, 0.3) is 0 Å². The van der Waals surface area contributed by atoms with Gasteiger partial charge < -0.3 is 9.73 Å². The predicted octanol–water partition coefficient (Wildman–Crippen LogP) is 4.82. The van der Waals surface area contributed by atoms with Crippen LogP contribution in [0.2, 0.25) is 0 Å². The average molecular weight is 457 g/mol. The molecule has 0 spiro atoms. The van der Waals surface area contributed by atoms with Gasteiger partial charge in [-0.05, 0) is 23.3 Å². The summed E-state index contributed by atoms with van der Waals surface area (Å²) in [5.41, 5.74) is 4.20. The number of nitrogens with zero attached hydrogens (tertiary/aromatic N) is 2. The van der Waals surface area contributed by atoms with Crippen molar-refractivity contribution in [3.63, 3.8) is 0 Å². The summed E-state index contributed by atoms with van der Waals surface area (Å²) in [5.74, 6) is 1.35. The van der Waals surface area contributed by atoms with Crippen LogP contribution in [0.4, 0.5) is 5.82 Å². The first kappa shape index (κ1) is 20.9. The summed E-state index contributed by atoms with van der Waals surface area (Å²) in [4.78, 5) is 8.92. The number of nitrogens with two attached hydrogens (primary N) is 1. The van der Waals surface area contributed by atoms with Crippen LogP contribution in [0.25, 0.3) is 33.6 Å². The molecule has 0 aliphatic carbocycles. The van der Waals surface area contributed by atoms with Gasteiger partial charge in [0.05, 0.1) is 10.3 Å². The van der Waals surface area contributed by atoms with E-state index in [1.807, 2.05) is 60.7 Å². The fraction of sp³-hybridized carbons (Fsp3) is 0.0400. The van der Waals surface area contributed by atoms with Crippen molar-refractivity contribution >= 4 is 26.9 Å². The van der Waals surface area contributed by atoms with Gasteiger partial charge in [-0.1, -0.05) is 72.8 Å². The molecule has 0 amide bonds. The van der Waals surface area contributed by atoms with Gasteiger partial charge in [0.2, 0.25) is 15.7 Å². The van der Waals surface area contributed by atoms with Crippen LogP contribution in [-0.4, -0.2) is 18.4 Å². The van der Waals surface area contributed by atoms with Gasteiger partial charge >= 0.3 is 0 Å². The lowest BCUT2D eigenvalue weighted by Gasteiger charge is -2.09. The van der Waals surface area contributed by atoms with E-state index in [0.717, 1.165) is 33.4 Å². The normalized spacial score (nSPS) is 11.5. The molecule has 0 aliphatic heterocycles. The molecule has 33 heavy (non-hydrogen) atoms. The van der Waals surface area contributed by atoms with Crippen LogP contribution < -0.4 is 10.5 Å². The topological polar surface area (TPSA) is 111 Å². The first-order valence-electron chi connectivity index (χ1n) is 10.2. The molecule has 0 saturated carbocycles. The monoisotopic (exact) mass is 456 g/mol. The molecule has 0 aliphatic rings. The molecule has 5 aromatic rings. The van der Waals surface area contributed by atoms with Gasteiger partial charge in [-0.15, -0.1) is 0 Å². The lowest BCUT2D eigenvalue weighted by molar-refractivity contribution is 0.597. The van der Waals surface area contributed by atoms with Crippen molar-refractivity contribution in [2.45, 2.75) is 11.4 Å². The summed E-state index contributed by atoms with van der Waals surface area (Å²) in [6.07, 6.45) is 1.46. The van der Waals surface area contributed by atoms with Gasteiger partial charge in [-0.3, -0.25) is 0 Å². The Labute approximate surface area is 191 Å². The van der Waals surface area contributed by atoms with Crippen LogP contribution in [0.1, 0.15) is 5.56 Å². The van der Waals surface area contributed by atoms with Gasteiger partial charge in [-0.2, -0.15) is 0 Å². The number of aromatic nitrogens is 2. The number of anilines is 1. The van der Waals surface area contributed by atoms with Crippen LogP contribution in [0, 0.1) is 0 Å². The molecule has 0 atom stereocenters. The molecule has 3 aromatic carbocycles. The highest BCUT2D eigenvalue weighted by molar-refractivity contribution is 7.89. The Morgan fingerprint density at radius 2 is 1.45 bits per heavy atom. The zero-order chi connectivity index (χ0) is 22.8. The number of benzene rings is 3. The number of sulfonamides is 1. The number of hydrogen-bond donors (Lipinski definition) is 2. The Morgan fingerprint density at radius 3 is 2.09 bits per heavy atom. The number of rotatable bonds is 6. The van der Waals surface area contributed by atoms with Crippen molar-refractivity contribution in [1.29, 1.82) is 0 Å². The van der Waals surface area contributed by atoms with E-state index < -0.39 is 10.0 Å². The van der Waals surface area contributed by atoms with Crippen molar-refractivity contribution in [3.05, 3.63) is 96.8 Å². The Balaban J connectivity index is 1.58. The molecular formula is C25H20N4O3S. The third-order valence-corrected chi connectivity index (χ3v) is 6.23. The molecule has 164 valence electrons. The SMILES string of the molecule is NS(=O)(=O)c1ccc(CNc2ncnc3oc(-c4ccccc4)c(-c4ccccc4)c23)cc1. The molecule has 0 bridgehead atoms. The standard InChI is InChI=1S/C25H20N4O3S/c26-33(30,31)20-13-11-17(12-14-20)15-27-24-22-21(18-7-3-1-4-8-18)23(19-9-5-2-6-10-19)32-25(22)29-16-28-24/h1-14,16H,15H2,(H2,26,30,31)(H,27,28,29). The first-order chi connectivity index (χ1) is 16.0. The molecular weight excluding hydrogens is 436 g/mol. The van der Waals surface area contributed by atoms with E-state index in [9.17, 15) is 8.42 Å². The quantitative estimate of drug-likeness (QED) is 0.379. The molecule has 0 fully saturated rings. The van der Waals surface area contributed by atoms with E-state index in [0.29, 0.717) is 18.1 Å². The number of hydrogen-bond acceptors (Lipinski definition) is 6. The summed E-state index contributed by atoms with van der Waals surface area (Å²) < 4.78 is 29.2. The van der Waals surface area contributed by atoms with E-state index in [2.05, 4.69) is 15.3 Å². The van der Waals surface area contributed by atoms with E-state index >= 15 is 0 Å². The molecule has 0 radical (unpaired) electrons. The maximum absolute atomic E-state index is 11.5. The second kappa shape index (κ2) is 8.50. The zero-order valence-corrected chi connectivity index (χ0v) is 18.3. The zero-order valence-electron chi connectivity index (χ0n) is 17.5. The molecule has 3 N–H and O–H groups in total. The van der Waals surface area contributed by atoms with Crippen LogP contribution >= 0.6 is 0 Å². The van der Waals surface area contributed by atoms with Crippen LogP contribution in [0.15, 0.2) is 101 Å². The van der Waals surface area contributed by atoms with Gasteiger partial charge in [-0.25, -0.2) is 23.5 Å². The van der Waals surface area contributed by atoms with Crippen molar-refractivity contribution in [3.8, 4) is 22.5 Å². The Morgan fingerprint density at radius 1 is 0.818 bits per heavy atom. The molecule has 2 aromatic heterocycles. The number of nitrogens with one attached hydrogen (secondary N) is 1. The molecule has 5 rings (SSSR count). The number of primary sulfonamides is 1. The molecule has 7 nitrogen and oxygen atoms in total.